The van der Waals surface area contributed by atoms with Crippen LogP contribution in [0, 0.1) is 0 Å². The smallest absolute Gasteiger partial charge is 0.314 e. The van der Waals surface area contributed by atoms with Crippen molar-refractivity contribution in [3.63, 3.8) is 0 Å². The lowest BCUT2D eigenvalue weighted by molar-refractivity contribution is -0.159. The molecule has 0 unspecified atom stereocenters. The molecule has 0 aliphatic heterocycles. The van der Waals surface area contributed by atoms with Crippen LogP contribution in [-0.4, -0.2) is 25.0 Å². The lowest BCUT2D eigenvalue weighted by atomic mass is 10.4. The fourth-order valence-electron chi connectivity index (χ4n) is 0.465. The predicted octanol–water partition coefficient (Wildman–Crippen LogP) is -1.25. The van der Waals surface area contributed by atoms with E-state index in [4.69, 9.17) is 11.5 Å². The highest BCUT2D eigenvalue weighted by Crippen LogP contribution is 1.88. The first-order valence-electron chi connectivity index (χ1n) is 3.34. The van der Waals surface area contributed by atoms with Crippen molar-refractivity contribution in [3.8, 4) is 0 Å². The molecule has 0 radical (unpaired) electrons. The maximum absolute atomic E-state index is 10.6. The third kappa shape index (κ3) is 5.50. The Kier molecular flexibility index (Phi) is 5.32. The molecule has 0 saturated heterocycles. The maximum atomic E-state index is 10.6. The van der Waals surface area contributed by atoms with E-state index in [2.05, 4.69) is 4.74 Å². The second-order valence-corrected chi connectivity index (χ2v) is 1.92. The van der Waals surface area contributed by atoms with Gasteiger partial charge >= 0.3 is 11.9 Å². The molecule has 0 rings (SSSR count). The van der Waals surface area contributed by atoms with E-state index in [0.29, 0.717) is 0 Å². The Morgan fingerprint density at radius 3 is 1.64 bits per heavy atom. The minimum atomic E-state index is -0.592. The van der Waals surface area contributed by atoms with E-state index in [0.717, 1.165) is 0 Å². The molecular weight excluding hydrogens is 148 g/mol. The van der Waals surface area contributed by atoms with Crippen LogP contribution in [0.2, 0.25) is 0 Å². The zero-order valence-corrected chi connectivity index (χ0v) is 6.21. The Balaban J connectivity index is 3.49. The molecule has 0 aromatic rings. The van der Waals surface area contributed by atoms with E-state index in [-0.39, 0.29) is 25.9 Å². The zero-order chi connectivity index (χ0) is 8.69. The highest BCUT2D eigenvalue weighted by Gasteiger charge is 2.07. The van der Waals surface area contributed by atoms with Crippen molar-refractivity contribution in [1.29, 1.82) is 0 Å². The molecule has 5 heteroatoms. The number of esters is 2. The molecule has 0 aliphatic rings. The summed E-state index contributed by atoms with van der Waals surface area (Å²) in [5, 5.41) is 0. The number of hydrogen-bond acceptors (Lipinski definition) is 5. The molecule has 0 bridgehead atoms. The van der Waals surface area contributed by atoms with Gasteiger partial charge in [0.05, 0.1) is 12.8 Å². The summed E-state index contributed by atoms with van der Waals surface area (Å²) in [6.07, 6.45) is 0.132. The highest BCUT2D eigenvalue weighted by atomic mass is 16.6. The minimum Gasteiger partial charge on any atom is -0.393 e. The van der Waals surface area contributed by atoms with Crippen LogP contribution < -0.4 is 11.5 Å². The molecule has 4 N–H and O–H groups in total. The van der Waals surface area contributed by atoms with E-state index in [1.807, 2.05) is 0 Å². The van der Waals surface area contributed by atoms with Crippen molar-refractivity contribution in [1.82, 2.24) is 0 Å². The maximum Gasteiger partial charge on any atom is 0.314 e. The molecule has 0 atom stereocenters. The first kappa shape index (κ1) is 10.1. The second-order valence-electron chi connectivity index (χ2n) is 1.92. The molecule has 0 aromatic carbocycles. The van der Waals surface area contributed by atoms with Crippen LogP contribution in [-0.2, 0) is 14.3 Å². The fourth-order valence-corrected chi connectivity index (χ4v) is 0.465. The van der Waals surface area contributed by atoms with Gasteiger partial charge in [0.15, 0.2) is 0 Å². The van der Waals surface area contributed by atoms with Crippen molar-refractivity contribution in [2.45, 2.75) is 12.8 Å². The Morgan fingerprint density at radius 1 is 1.00 bits per heavy atom. The summed E-state index contributed by atoms with van der Waals surface area (Å²) in [6.45, 7) is 0.378. The van der Waals surface area contributed by atoms with Crippen LogP contribution in [0.1, 0.15) is 12.8 Å². The Morgan fingerprint density at radius 2 is 1.36 bits per heavy atom. The van der Waals surface area contributed by atoms with Crippen molar-refractivity contribution < 1.29 is 14.3 Å². The lowest BCUT2D eigenvalue weighted by Crippen LogP contribution is -2.18. The third-order valence-electron chi connectivity index (χ3n) is 0.925. The van der Waals surface area contributed by atoms with Gasteiger partial charge in [0.1, 0.15) is 0 Å². The quantitative estimate of drug-likeness (QED) is 0.396. The summed E-state index contributed by atoms with van der Waals surface area (Å²) in [5.41, 5.74) is 10.1. The standard InChI is InChI=1S/C6H12N2O3/c7-3-1-5(9)11-6(10)2-4-8/h1-4,7-8H2. The summed E-state index contributed by atoms with van der Waals surface area (Å²) in [5.74, 6) is -1.18. The van der Waals surface area contributed by atoms with Gasteiger partial charge in [0.2, 0.25) is 0 Å². The van der Waals surface area contributed by atoms with Crippen molar-refractivity contribution in [2.75, 3.05) is 13.1 Å². The summed E-state index contributed by atoms with van der Waals surface area (Å²) in [4.78, 5) is 21.1. The monoisotopic (exact) mass is 160 g/mol. The van der Waals surface area contributed by atoms with Crippen LogP contribution in [0.15, 0.2) is 0 Å². The molecular formula is C6H12N2O3. The van der Waals surface area contributed by atoms with E-state index in [9.17, 15) is 9.59 Å². The second kappa shape index (κ2) is 5.82. The van der Waals surface area contributed by atoms with Crippen LogP contribution in [0.5, 0.6) is 0 Å². The average Bonchev–Trinajstić information content (AvgIpc) is 1.87. The summed E-state index contributed by atoms with van der Waals surface area (Å²) < 4.78 is 4.29. The van der Waals surface area contributed by atoms with Gasteiger partial charge < -0.3 is 16.2 Å². The largest absolute Gasteiger partial charge is 0.393 e. The molecule has 0 aromatic heterocycles. The molecule has 0 amide bonds. The molecule has 0 aliphatic carbocycles. The molecule has 64 valence electrons. The number of carbonyl (C=O) groups excluding carboxylic acids is 2. The summed E-state index contributed by atoms with van der Waals surface area (Å²) in [6, 6.07) is 0. The molecule has 0 fully saturated rings. The molecule has 11 heavy (non-hydrogen) atoms. The normalized spacial score (nSPS) is 9.27. The number of ether oxygens (including phenoxy) is 1. The Hall–Kier alpha value is -0.940. The average molecular weight is 160 g/mol. The van der Waals surface area contributed by atoms with Crippen LogP contribution in [0.3, 0.4) is 0 Å². The predicted molar refractivity (Wildman–Crippen MR) is 38.4 cm³/mol. The van der Waals surface area contributed by atoms with Gasteiger partial charge in [-0.15, -0.1) is 0 Å². The number of rotatable bonds is 4. The topological polar surface area (TPSA) is 95.4 Å². The van der Waals surface area contributed by atoms with E-state index >= 15 is 0 Å². The Bertz CT molecular complexity index is 131. The van der Waals surface area contributed by atoms with Crippen molar-refractivity contribution in [3.05, 3.63) is 0 Å². The van der Waals surface area contributed by atoms with Crippen LogP contribution in [0.25, 0.3) is 0 Å². The van der Waals surface area contributed by atoms with E-state index in [1.54, 1.807) is 0 Å². The van der Waals surface area contributed by atoms with Crippen LogP contribution in [0.4, 0.5) is 0 Å². The summed E-state index contributed by atoms with van der Waals surface area (Å²) in [7, 11) is 0. The number of nitrogens with two attached hydrogens (primary N) is 2. The van der Waals surface area contributed by atoms with Gasteiger partial charge in [-0.05, 0) is 0 Å². The van der Waals surface area contributed by atoms with Gasteiger partial charge in [0, 0.05) is 13.1 Å². The van der Waals surface area contributed by atoms with Gasteiger partial charge in [-0.1, -0.05) is 0 Å². The van der Waals surface area contributed by atoms with E-state index in [1.165, 1.54) is 0 Å². The third-order valence-corrected chi connectivity index (χ3v) is 0.925. The molecule has 5 nitrogen and oxygen atoms in total. The number of hydrogen-bond donors (Lipinski definition) is 2. The first-order chi connectivity index (χ1) is 5.20. The molecule has 0 saturated carbocycles. The summed E-state index contributed by atoms with van der Waals surface area (Å²) >= 11 is 0. The minimum absolute atomic E-state index is 0.0658. The van der Waals surface area contributed by atoms with E-state index < -0.39 is 11.9 Å². The highest BCUT2D eigenvalue weighted by molar-refractivity contribution is 5.85. The first-order valence-corrected chi connectivity index (χ1v) is 3.34. The zero-order valence-electron chi connectivity index (χ0n) is 6.21. The van der Waals surface area contributed by atoms with Crippen LogP contribution >= 0.6 is 0 Å². The van der Waals surface area contributed by atoms with Gasteiger partial charge in [0.25, 0.3) is 0 Å². The van der Waals surface area contributed by atoms with Gasteiger partial charge in [-0.25, -0.2) is 0 Å². The van der Waals surface area contributed by atoms with Crippen molar-refractivity contribution in [2.24, 2.45) is 11.5 Å². The van der Waals surface area contributed by atoms with Gasteiger partial charge in [-0.2, -0.15) is 0 Å². The SMILES string of the molecule is NCCC(=O)OC(=O)CCN. The fraction of sp³-hybridized carbons (Fsp3) is 0.667. The number of carbonyl (C=O) groups is 2. The molecule has 0 spiro atoms. The molecule has 0 heterocycles. The Labute approximate surface area is 64.7 Å². The lowest BCUT2D eigenvalue weighted by Gasteiger charge is -1.98. The van der Waals surface area contributed by atoms with Gasteiger partial charge in [-0.3, -0.25) is 9.59 Å². The van der Waals surface area contributed by atoms with Crippen molar-refractivity contribution >= 4 is 11.9 Å².